The van der Waals surface area contributed by atoms with Gasteiger partial charge in [-0.05, 0) is 6.92 Å². The number of carbonyl (C=O) groups is 2. The molecule has 1 heterocycles. The fourth-order valence-corrected chi connectivity index (χ4v) is 1.13. The highest BCUT2D eigenvalue weighted by atomic mass is 16.1. The molecule has 0 saturated heterocycles. The summed E-state index contributed by atoms with van der Waals surface area (Å²) < 4.78 is 0. The number of ketones is 2. The minimum atomic E-state index is -0.0645. The fraction of sp³-hybridized carbons (Fsp3) is 0.500. The number of carbonyl (C=O) groups excluding carboxylic acids is 2. The maximum Gasteiger partial charge on any atom is 0.163 e. The number of Topliss-reactive ketones (excluding diaryl/α,β-unsaturated/α-hetero) is 2. The quantitative estimate of drug-likeness (QED) is 0.736. The maximum atomic E-state index is 11.4. The minimum absolute atomic E-state index is 0.0156. The third kappa shape index (κ3) is 2.28. The van der Waals surface area contributed by atoms with Crippen LogP contribution in [-0.4, -0.2) is 21.8 Å². The second kappa shape index (κ2) is 4.17. The van der Waals surface area contributed by atoms with Gasteiger partial charge in [0.05, 0.1) is 17.5 Å². The first-order valence-electron chi connectivity index (χ1n) is 4.58. The second-order valence-electron chi connectivity index (χ2n) is 3.62. The number of aromatic amines is 1. The normalized spacial score (nSPS) is 10.6. The van der Waals surface area contributed by atoms with E-state index in [1.54, 1.807) is 0 Å². The van der Waals surface area contributed by atoms with Gasteiger partial charge in [0.15, 0.2) is 5.78 Å². The summed E-state index contributed by atoms with van der Waals surface area (Å²) in [7, 11) is 0. The third-order valence-corrected chi connectivity index (χ3v) is 2.09. The Bertz CT molecular complexity index is 353. The molecule has 0 aliphatic carbocycles. The molecule has 0 aliphatic rings. The molecule has 0 amide bonds. The zero-order valence-electron chi connectivity index (χ0n) is 8.63. The summed E-state index contributed by atoms with van der Waals surface area (Å²) in [6, 6.07) is 0. The number of rotatable bonds is 4. The summed E-state index contributed by atoms with van der Waals surface area (Å²) in [4.78, 5) is 22.5. The van der Waals surface area contributed by atoms with E-state index in [-0.39, 0.29) is 23.9 Å². The van der Waals surface area contributed by atoms with Crippen LogP contribution in [-0.2, 0) is 11.2 Å². The molecule has 4 nitrogen and oxygen atoms in total. The van der Waals surface area contributed by atoms with Gasteiger partial charge >= 0.3 is 0 Å². The van der Waals surface area contributed by atoms with Gasteiger partial charge < -0.3 is 0 Å². The molecule has 1 rings (SSSR count). The molecule has 76 valence electrons. The van der Waals surface area contributed by atoms with Gasteiger partial charge in [0.25, 0.3) is 0 Å². The van der Waals surface area contributed by atoms with Gasteiger partial charge in [0.1, 0.15) is 5.78 Å². The van der Waals surface area contributed by atoms with Crippen molar-refractivity contribution in [3.8, 4) is 0 Å². The number of aromatic nitrogens is 2. The lowest BCUT2D eigenvalue weighted by Crippen LogP contribution is -2.12. The summed E-state index contributed by atoms with van der Waals surface area (Å²) >= 11 is 0. The van der Waals surface area contributed by atoms with Crippen molar-refractivity contribution in [3.05, 3.63) is 17.5 Å². The van der Waals surface area contributed by atoms with E-state index in [0.717, 1.165) is 0 Å². The van der Waals surface area contributed by atoms with E-state index >= 15 is 0 Å². The van der Waals surface area contributed by atoms with E-state index < -0.39 is 0 Å². The summed E-state index contributed by atoms with van der Waals surface area (Å²) in [5.74, 6) is 0.0279. The SMILES string of the molecule is CC(=O)c1cn[nH]c1CC(=O)C(C)C. The van der Waals surface area contributed by atoms with Gasteiger partial charge in [0, 0.05) is 12.3 Å². The topological polar surface area (TPSA) is 62.8 Å². The molecule has 0 bridgehead atoms. The summed E-state index contributed by atoms with van der Waals surface area (Å²) in [5, 5.41) is 6.44. The lowest BCUT2D eigenvalue weighted by atomic mass is 10.0. The van der Waals surface area contributed by atoms with Gasteiger partial charge in [-0.25, -0.2) is 0 Å². The first-order valence-corrected chi connectivity index (χ1v) is 4.58. The van der Waals surface area contributed by atoms with Crippen LogP contribution in [0.4, 0.5) is 0 Å². The fourth-order valence-electron chi connectivity index (χ4n) is 1.13. The van der Waals surface area contributed by atoms with Crippen molar-refractivity contribution < 1.29 is 9.59 Å². The van der Waals surface area contributed by atoms with Gasteiger partial charge in [-0.3, -0.25) is 14.7 Å². The van der Waals surface area contributed by atoms with E-state index in [0.29, 0.717) is 11.3 Å². The van der Waals surface area contributed by atoms with Crippen LogP contribution < -0.4 is 0 Å². The Morgan fingerprint density at radius 3 is 2.64 bits per heavy atom. The number of nitrogens with one attached hydrogen (secondary N) is 1. The number of nitrogens with zero attached hydrogens (tertiary/aromatic N) is 1. The average molecular weight is 194 g/mol. The van der Waals surface area contributed by atoms with Crippen LogP contribution in [0.3, 0.4) is 0 Å². The van der Waals surface area contributed by atoms with E-state index in [1.165, 1.54) is 13.1 Å². The van der Waals surface area contributed by atoms with Gasteiger partial charge in [-0.2, -0.15) is 5.10 Å². The zero-order chi connectivity index (χ0) is 10.7. The molecule has 4 heteroatoms. The molecule has 1 N–H and O–H groups in total. The largest absolute Gasteiger partial charge is 0.299 e. The van der Waals surface area contributed by atoms with E-state index in [9.17, 15) is 9.59 Å². The van der Waals surface area contributed by atoms with Gasteiger partial charge in [-0.1, -0.05) is 13.8 Å². The highest BCUT2D eigenvalue weighted by molar-refractivity contribution is 5.96. The summed E-state index contributed by atoms with van der Waals surface area (Å²) in [6.07, 6.45) is 1.72. The molecule has 0 radical (unpaired) electrons. The second-order valence-corrected chi connectivity index (χ2v) is 3.62. The molecule has 14 heavy (non-hydrogen) atoms. The Hall–Kier alpha value is -1.45. The van der Waals surface area contributed by atoms with Crippen LogP contribution in [0.15, 0.2) is 6.20 Å². The number of hydrogen-bond acceptors (Lipinski definition) is 3. The van der Waals surface area contributed by atoms with Crippen molar-refractivity contribution in [2.75, 3.05) is 0 Å². The Morgan fingerprint density at radius 1 is 1.50 bits per heavy atom. The van der Waals surface area contributed by atoms with Crippen molar-refractivity contribution in [2.45, 2.75) is 27.2 Å². The molecule has 1 aromatic rings. The zero-order valence-corrected chi connectivity index (χ0v) is 8.63. The molecule has 0 aliphatic heterocycles. The van der Waals surface area contributed by atoms with Crippen LogP contribution >= 0.6 is 0 Å². The van der Waals surface area contributed by atoms with Crippen molar-refractivity contribution in [1.82, 2.24) is 10.2 Å². The monoisotopic (exact) mass is 194 g/mol. The number of H-pyrrole nitrogens is 1. The predicted molar refractivity (Wildman–Crippen MR) is 52.1 cm³/mol. The Morgan fingerprint density at radius 2 is 2.14 bits per heavy atom. The Balaban J connectivity index is 2.82. The first kappa shape index (κ1) is 10.6. The van der Waals surface area contributed by atoms with E-state index in [4.69, 9.17) is 0 Å². The standard InChI is InChI=1S/C10H14N2O2/c1-6(2)10(14)4-9-8(7(3)13)5-11-12-9/h5-6H,4H2,1-3H3,(H,11,12). The molecular weight excluding hydrogens is 180 g/mol. The summed E-state index contributed by atoms with van der Waals surface area (Å²) in [6.45, 7) is 5.15. The molecule has 0 saturated carbocycles. The highest BCUT2D eigenvalue weighted by Crippen LogP contribution is 2.09. The van der Waals surface area contributed by atoms with Crippen LogP contribution in [0.5, 0.6) is 0 Å². The lowest BCUT2D eigenvalue weighted by molar-refractivity contribution is -0.121. The molecule has 0 fully saturated rings. The van der Waals surface area contributed by atoms with Crippen molar-refractivity contribution in [2.24, 2.45) is 5.92 Å². The summed E-state index contributed by atoms with van der Waals surface area (Å²) in [5.41, 5.74) is 1.13. The van der Waals surface area contributed by atoms with Crippen molar-refractivity contribution >= 4 is 11.6 Å². The van der Waals surface area contributed by atoms with Crippen LogP contribution in [0.2, 0.25) is 0 Å². The first-order chi connectivity index (χ1) is 6.52. The van der Waals surface area contributed by atoms with E-state index in [1.807, 2.05) is 13.8 Å². The molecule has 0 aromatic carbocycles. The van der Waals surface area contributed by atoms with Crippen molar-refractivity contribution in [1.29, 1.82) is 0 Å². The van der Waals surface area contributed by atoms with Crippen LogP contribution in [0.25, 0.3) is 0 Å². The predicted octanol–water partition coefficient (Wildman–Crippen LogP) is 1.38. The third-order valence-electron chi connectivity index (χ3n) is 2.09. The number of hydrogen-bond donors (Lipinski definition) is 1. The van der Waals surface area contributed by atoms with Crippen LogP contribution in [0, 0.1) is 5.92 Å². The molecule has 0 spiro atoms. The molecule has 1 aromatic heterocycles. The van der Waals surface area contributed by atoms with Gasteiger partial charge in [-0.15, -0.1) is 0 Å². The van der Waals surface area contributed by atoms with Crippen molar-refractivity contribution in [3.63, 3.8) is 0 Å². The maximum absolute atomic E-state index is 11.4. The average Bonchev–Trinajstić information content (AvgIpc) is 2.52. The molecular formula is C10H14N2O2. The smallest absolute Gasteiger partial charge is 0.163 e. The Kier molecular flexibility index (Phi) is 3.17. The Labute approximate surface area is 82.7 Å². The lowest BCUT2D eigenvalue weighted by Gasteiger charge is -2.02. The molecule has 0 unspecified atom stereocenters. The minimum Gasteiger partial charge on any atom is -0.299 e. The van der Waals surface area contributed by atoms with E-state index in [2.05, 4.69) is 10.2 Å². The van der Waals surface area contributed by atoms with Crippen LogP contribution in [0.1, 0.15) is 36.8 Å². The highest BCUT2D eigenvalue weighted by Gasteiger charge is 2.14. The molecule has 0 atom stereocenters. The van der Waals surface area contributed by atoms with Gasteiger partial charge in [0.2, 0.25) is 0 Å².